The lowest BCUT2D eigenvalue weighted by Gasteiger charge is -2.08. The van der Waals surface area contributed by atoms with Crippen molar-refractivity contribution < 1.29 is 22.8 Å². The molecule has 7 nitrogen and oxygen atoms in total. The molecule has 1 aromatic rings. The second kappa shape index (κ2) is 6.27. The van der Waals surface area contributed by atoms with Crippen LogP contribution in [0, 0.1) is 5.92 Å². The Bertz CT molecular complexity index is 723. The molecule has 0 radical (unpaired) electrons. The van der Waals surface area contributed by atoms with Crippen LogP contribution >= 0.6 is 0 Å². The third-order valence-corrected chi connectivity index (χ3v) is 4.54. The quantitative estimate of drug-likeness (QED) is 0.728. The standard InChI is InChI=1S/C14H16N2O5S/c1-9(17)11-3-2-4-12(7-11)22(20,21)16-13(18)8-15-14(19)10-5-6-10/h2-4,7,10H,5-6,8H2,1H3,(H,15,19)(H,16,18). The van der Waals surface area contributed by atoms with Crippen LogP contribution in [-0.4, -0.2) is 32.6 Å². The van der Waals surface area contributed by atoms with Crippen molar-refractivity contribution in [2.24, 2.45) is 5.92 Å². The van der Waals surface area contributed by atoms with Crippen LogP contribution in [0.1, 0.15) is 30.1 Å². The number of ketones is 1. The molecule has 22 heavy (non-hydrogen) atoms. The fraction of sp³-hybridized carbons (Fsp3) is 0.357. The molecule has 8 heteroatoms. The second-order valence-corrected chi connectivity index (χ2v) is 6.79. The van der Waals surface area contributed by atoms with Crippen molar-refractivity contribution in [3.63, 3.8) is 0 Å². The normalized spacial score (nSPS) is 14.2. The Morgan fingerprint density at radius 1 is 1.23 bits per heavy atom. The first-order valence-electron chi connectivity index (χ1n) is 6.74. The molecule has 0 atom stereocenters. The summed E-state index contributed by atoms with van der Waals surface area (Å²) in [6.45, 7) is 0.915. The number of carbonyl (C=O) groups is 3. The number of nitrogens with one attached hydrogen (secondary N) is 2. The topological polar surface area (TPSA) is 109 Å². The van der Waals surface area contributed by atoms with Crippen LogP contribution < -0.4 is 10.0 Å². The van der Waals surface area contributed by atoms with E-state index in [1.807, 2.05) is 4.72 Å². The van der Waals surface area contributed by atoms with Crippen LogP contribution in [-0.2, 0) is 19.6 Å². The van der Waals surface area contributed by atoms with Gasteiger partial charge in [-0.2, -0.15) is 0 Å². The first-order chi connectivity index (χ1) is 10.3. The predicted molar refractivity (Wildman–Crippen MR) is 77.5 cm³/mol. The van der Waals surface area contributed by atoms with Gasteiger partial charge in [-0.3, -0.25) is 14.4 Å². The summed E-state index contributed by atoms with van der Waals surface area (Å²) in [4.78, 5) is 34.1. The maximum absolute atomic E-state index is 12.1. The van der Waals surface area contributed by atoms with Gasteiger partial charge >= 0.3 is 0 Å². The molecule has 0 bridgehead atoms. The van der Waals surface area contributed by atoms with Crippen molar-refractivity contribution in [3.05, 3.63) is 29.8 Å². The molecule has 0 aliphatic heterocycles. The molecular weight excluding hydrogens is 308 g/mol. The highest BCUT2D eigenvalue weighted by atomic mass is 32.2. The fourth-order valence-corrected chi connectivity index (χ4v) is 2.81. The van der Waals surface area contributed by atoms with E-state index in [0.29, 0.717) is 0 Å². The van der Waals surface area contributed by atoms with E-state index in [1.165, 1.54) is 31.2 Å². The van der Waals surface area contributed by atoms with Crippen LogP contribution in [0.5, 0.6) is 0 Å². The minimum Gasteiger partial charge on any atom is -0.347 e. The minimum absolute atomic E-state index is 0.0587. The van der Waals surface area contributed by atoms with Gasteiger partial charge in [0.05, 0.1) is 11.4 Å². The third-order valence-electron chi connectivity index (χ3n) is 3.17. The summed E-state index contributed by atoms with van der Waals surface area (Å²) < 4.78 is 26.0. The lowest BCUT2D eigenvalue weighted by molar-refractivity contribution is -0.126. The molecule has 2 N–H and O–H groups in total. The molecule has 1 fully saturated rings. The first-order valence-corrected chi connectivity index (χ1v) is 8.22. The third kappa shape index (κ3) is 4.14. The van der Waals surface area contributed by atoms with Gasteiger partial charge in [0.15, 0.2) is 5.78 Å². The van der Waals surface area contributed by atoms with E-state index >= 15 is 0 Å². The van der Waals surface area contributed by atoms with Gasteiger partial charge in [0.1, 0.15) is 0 Å². The number of hydrogen-bond donors (Lipinski definition) is 2. The largest absolute Gasteiger partial charge is 0.347 e. The maximum atomic E-state index is 12.1. The van der Waals surface area contributed by atoms with Gasteiger partial charge in [-0.25, -0.2) is 13.1 Å². The molecule has 1 aromatic carbocycles. The van der Waals surface area contributed by atoms with Crippen molar-refractivity contribution in [3.8, 4) is 0 Å². The molecular formula is C14H16N2O5S. The Hall–Kier alpha value is -2.22. The number of benzene rings is 1. The highest BCUT2D eigenvalue weighted by Crippen LogP contribution is 2.28. The molecule has 0 unspecified atom stereocenters. The van der Waals surface area contributed by atoms with Gasteiger partial charge in [-0.1, -0.05) is 12.1 Å². The van der Waals surface area contributed by atoms with E-state index in [-0.39, 0.29) is 28.1 Å². The lowest BCUT2D eigenvalue weighted by Crippen LogP contribution is -2.40. The highest BCUT2D eigenvalue weighted by Gasteiger charge is 2.29. The molecule has 1 aliphatic rings. The van der Waals surface area contributed by atoms with Crippen molar-refractivity contribution in [2.45, 2.75) is 24.7 Å². The van der Waals surface area contributed by atoms with Crippen molar-refractivity contribution in [1.82, 2.24) is 10.0 Å². The molecule has 0 heterocycles. The van der Waals surface area contributed by atoms with Gasteiger partial charge in [0, 0.05) is 11.5 Å². The van der Waals surface area contributed by atoms with E-state index in [2.05, 4.69) is 5.32 Å². The number of amides is 2. The summed E-state index contributed by atoms with van der Waals surface area (Å²) in [5.41, 5.74) is 0.234. The van der Waals surface area contributed by atoms with Crippen LogP contribution in [0.4, 0.5) is 0 Å². The summed E-state index contributed by atoms with van der Waals surface area (Å²) in [7, 11) is -4.07. The van der Waals surface area contributed by atoms with Gasteiger partial charge in [-0.15, -0.1) is 0 Å². The molecule has 2 amide bonds. The highest BCUT2D eigenvalue weighted by molar-refractivity contribution is 7.90. The summed E-state index contributed by atoms with van der Waals surface area (Å²) in [6, 6.07) is 5.38. The monoisotopic (exact) mass is 324 g/mol. The van der Waals surface area contributed by atoms with Crippen molar-refractivity contribution in [2.75, 3.05) is 6.54 Å². The Kier molecular flexibility index (Phi) is 4.60. The number of rotatable bonds is 6. The summed E-state index contributed by atoms with van der Waals surface area (Å²) in [5.74, 6) is -1.41. The predicted octanol–water partition coefficient (Wildman–Crippen LogP) is 0.220. The Morgan fingerprint density at radius 3 is 2.50 bits per heavy atom. The summed E-state index contributed by atoms with van der Waals surface area (Å²) >= 11 is 0. The second-order valence-electron chi connectivity index (χ2n) is 5.10. The van der Waals surface area contributed by atoms with Crippen LogP contribution in [0.2, 0.25) is 0 Å². The first kappa shape index (κ1) is 16.2. The fourth-order valence-electron chi connectivity index (χ4n) is 1.78. The number of Topliss-reactive ketones (excluding diaryl/α,β-unsaturated/α-hetero) is 1. The Morgan fingerprint density at radius 2 is 1.91 bits per heavy atom. The molecule has 1 saturated carbocycles. The van der Waals surface area contributed by atoms with Crippen LogP contribution in [0.3, 0.4) is 0 Å². The van der Waals surface area contributed by atoms with E-state index in [0.717, 1.165) is 12.8 Å². The maximum Gasteiger partial charge on any atom is 0.264 e. The van der Waals surface area contributed by atoms with E-state index < -0.39 is 22.5 Å². The molecule has 0 spiro atoms. The van der Waals surface area contributed by atoms with Gasteiger partial charge < -0.3 is 5.32 Å². The lowest BCUT2D eigenvalue weighted by atomic mass is 10.2. The van der Waals surface area contributed by atoms with Gasteiger partial charge in [-0.05, 0) is 31.9 Å². The zero-order valence-electron chi connectivity index (χ0n) is 12.0. The molecule has 2 rings (SSSR count). The van der Waals surface area contributed by atoms with Gasteiger partial charge in [0.2, 0.25) is 5.91 Å². The minimum atomic E-state index is -4.07. The van der Waals surface area contributed by atoms with Crippen molar-refractivity contribution in [1.29, 1.82) is 0 Å². The molecule has 0 aromatic heterocycles. The number of hydrogen-bond acceptors (Lipinski definition) is 5. The SMILES string of the molecule is CC(=O)c1cccc(S(=O)(=O)NC(=O)CNC(=O)C2CC2)c1. The molecule has 0 saturated heterocycles. The smallest absolute Gasteiger partial charge is 0.264 e. The average Bonchev–Trinajstić information content (AvgIpc) is 3.29. The van der Waals surface area contributed by atoms with E-state index in [1.54, 1.807) is 0 Å². The van der Waals surface area contributed by atoms with E-state index in [9.17, 15) is 22.8 Å². The van der Waals surface area contributed by atoms with Crippen LogP contribution in [0.25, 0.3) is 0 Å². The zero-order chi connectivity index (χ0) is 16.3. The summed E-state index contributed by atoms with van der Waals surface area (Å²) in [6.07, 6.45) is 1.59. The van der Waals surface area contributed by atoms with Crippen molar-refractivity contribution >= 4 is 27.6 Å². The van der Waals surface area contributed by atoms with Gasteiger partial charge in [0.25, 0.3) is 15.9 Å². The molecule has 1 aliphatic carbocycles. The van der Waals surface area contributed by atoms with Crippen LogP contribution in [0.15, 0.2) is 29.2 Å². The summed E-state index contributed by atoms with van der Waals surface area (Å²) in [5, 5.41) is 2.38. The number of sulfonamides is 1. The van der Waals surface area contributed by atoms with E-state index in [4.69, 9.17) is 0 Å². The average molecular weight is 324 g/mol. The Labute approximate surface area is 128 Å². The Balaban J connectivity index is 2.00. The zero-order valence-corrected chi connectivity index (χ0v) is 12.8. The molecule has 118 valence electrons. The number of carbonyl (C=O) groups excluding carboxylic acids is 3.